The van der Waals surface area contributed by atoms with Gasteiger partial charge < -0.3 is 14.2 Å². The van der Waals surface area contributed by atoms with E-state index < -0.39 is 6.10 Å². The molecule has 0 radical (unpaired) electrons. The molecule has 0 aromatic heterocycles. The highest BCUT2D eigenvalue weighted by molar-refractivity contribution is 5.71. The van der Waals surface area contributed by atoms with Crippen LogP contribution in [-0.2, 0) is 28.6 Å². The van der Waals surface area contributed by atoms with Gasteiger partial charge >= 0.3 is 17.9 Å². The number of esters is 3. The van der Waals surface area contributed by atoms with Crippen molar-refractivity contribution in [3.63, 3.8) is 0 Å². The van der Waals surface area contributed by atoms with Gasteiger partial charge in [-0.3, -0.25) is 14.4 Å². The van der Waals surface area contributed by atoms with Gasteiger partial charge in [0.2, 0.25) is 0 Å². The van der Waals surface area contributed by atoms with Crippen molar-refractivity contribution in [2.45, 2.75) is 386 Å². The van der Waals surface area contributed by atoms with Gasteiger partial charge in [-0.05, 0) is 51.4 Å². The third kappa shape index (κ3) is 62.6. The number of hydrogen-bond donors (Lipinski definition) is 0. The Morgan fingerprint density at radius 3 is 0.747 bits per heavy atom. The van der Waals surface area contributed by atoms with E-state index in [1.807, 2.05) is 0 Å². The third-order valence-corrected chi connectivity index (χ3v) is 15.5. The number of allylic oxidation sites excluding steroid dienone is 4. The zero-order chi connectivity index (χ0) is 54.3. The van der Waals surface area contributed by atoms with Crippen LogP contribution in [0.15, 0.2) is 24.3 Å². The molecule has 0 saturated heterocycles. The van der Waals surface area contributed by atoms with Gasteiger partial charge in [-0.25, -0.2) is 0 Å². The first kappa shape index (κ1) is 72.9. The Labute approximate surface area is 468 Å². The minimum absolute atomic E-state index is 0.0685. The second-order valence-electron chi connectivity index (χ2n) is 23.1. The van der Waals surface area contributed by atoms with Crippen LogP contribution in [0.3, 0.4) is 0 Å². The van der Waals surface area contributed by atoms with Crippen LogP contribution in [0.5, 0.6) is 0 Å². The summed E-state index contributed by atoms with van der Waals surface area (Å²) in [5.41, 5.74) is 0. The first-order chi connectivity index (χ1) is 37.0. The highest BCUT2D eigenvalue weighted by atomic mass is 16.6. The molecule has 0 N–H and O–H groups in total. The topological polar surface area (TPSA) is 78.9 Å². The number of carbonyl (C=O) groups excluding carboxylic acids is 3. The Bertz CT molecular complexity index is 1210. The maximum absolute atomic E-state index is 12.9. The van der Waals surface area contributed by atoms with Gasteiger partial charge in [-0.2, -0.15) is 0 Å². The monoisotopic (exact) mass is 1050 g/mol. The molecule has 0 aliphatic rings. The molecule has 442 valence electrons. The number of unbranched alkanes of at least 4 members (excludes halogenated alkanes) is 48. The Morgan fingerprint density at radius 2 is 0.480 bits per heavy atom. The van der Waals surface area contributed by atoms with Crippen LogP contribution in [0, 0.1) is 0 Å². The van der Waals surface area contributed by atoms with Gasteiger partial charge in [0.25, 0.3) is 0 Å². The van der Waals surface area contributed by atoms with Crippen LogP contribution in [0.4, 0.5) is 0 Å². The molecular formula is C69H130O6. The summed E-state index contributed by atoms with van der Waals surface area (Å²) in [5, 5.41) is 0. The average Bonchev–Trinajstić information content (AvgIpc) is 3.41. The van der Waals surface area contributed by atoms with Crippen molar-refractivity contribution in [1.29, 1.82) is 0 Å². The maximum Gasteiger partial charge on any atom is 0.306 e. The van der Waals surface area contributed by atoms with Crippen molar-refractivity contribution in [3.8, 4) is 0 Å². The Kier molecular flexibility index (Phi) is 62.6. The fraction of sp³-hybridized carbons (Fsp3) is 0.899. The van der Waals surface area contributed by atoms with E-state index in [9.17, 15) is 14.4 Å². The van der Waals surface area contributed by atoms with Gasteiger partial charge in [0.15, 0.2) is 6.10 Å². The van der Waals surface area contributed by atoms with Gasteiger partial charge in [-0.1, -0.05) is 334 Å². The molecule has 0 aromatic rings. The van der Waals surface area contributed by atoms with E-state index in [4.69, 9.17) is 14.2 Å². The minimum atomic E-state index is -0.771. The molecule has 0 aromatic carbocycles. The van der Waals surface area contributed by atoms with Gasteiger partial charge in [-0.15, -0.1) is 0 Å². The summed E-state index contributed by atoms with van der Waals surface area (Å²) in [6.07, 6.45) is 77.8. The molecule has 0 bridgehead atoms. The summed E-state index contributed by atoms with van der Waals surface area (Å²) in [4.78, 5) is 38.3. The molecule has 0 rings (SSSR count). The second kappa shape index (κ2) is 64.4. The van der Waals surface area contributed by atoms with Crippen molar-refractivity contribution in [3.05, 3.63) is 24.3 Å². The summed E-state index contributed by atoms with van der Waals surface area (Å²) in [5.74, 6) is -0.848. The summed E-state index contributed by atoms with van der Waals surface area (Å²) in [6.45, 7) is 6.69. The number of ether oxygens (including phenoxy) is 3. The normalized spacial score (nSPS) is 12.1. The lowest BCUT2D eigenvalue weighted by Crippen LogP contribution is -2.30. The Balaban J connectivity index is 4.18. The Hall–Kier alpha value is -2.11. The zero-order valence-electron chi connectivity index (χ0n) is 50.8. The molecular weight excluding hydrogens is 925 g/mol. The largest absolute Gasteiger partial charge is 0.462 e. The van der Waals surface area contributed by atoms with Crippen molar-refractivity contribution >= 4 is 17.9 Å². The second-order valence-corrected chi connectivity index (χ2v) is 23.1. The summed E-state index contributed by atoms with van der Waals surface area (Å²) in [7, 11) is 0. The molecule has 0 aliphatic carbocycles. The molecule has 0 aliphatic heterocycles. The molecule has 6 nitrogen and oxygen atoms in total. The molecule has 1 atom stereocenters. The van der Waals surface area contributed by atoms with Crippen LogP contribution >= 0.6 is 0 Å². The van der Waals surface area contributed by atoms with E-state index in [0.29, 0.717) is 19.3 Å². The SMILES string of the molecule is CCCCCC/C=C\C/C=C\CCCCCCCCCC(=O)OC(COC(=O)CCCCCCCCCCCCCC)COC(=O)CCCCCCCCCCCCCCCCCCCCCCCCCCCCC. The van der Waals surface area contributed by atoms with E-state index in [0.717, 1.165) is 70.6 Å². The van der Waals surface area contributed by atoms with Crippen LogP contribution in [0.1, 0.15) is 380 Å². The maximum atomic E-state index is 12.9. The van der Waals surface area contributed by atoms with Crippen molar-refractivity contribution < 1.29 is 28.6 Å². The lowest BCUT2D eigenvalue weighted by molar-refractivity contribution is -0.167. The van der Waals surface area contributed by atoms with E-state index in [1.54, 1.807) is 0 Å². The molecule has 0 amide bonds. The smallest absolute Gasteiger partial charge is 0.306 e. The van der Waals surface area contributed by atoms with E-state index >= 15 is 0 Å². The standard InChI is InChI=1S/C69H130O6/c1-4-7-10-13-16-19-22-25-27-29-31-32-33-34-35-36-37-38-39-41-42-44-47-50-53-56-59-62-68(71)74-65-66(64-73-67(70)61-58-55-52-49-46-24-21-18-15-12-9-6-3)75-69(72)63-60-57-54-51-48-45-43-40-30-28-26-23-20-17-14-11-8-5-2/h20,23,28,30,66H,4-19,21-22,24-27,29,31-65H2,1-3H3/b23-20-,30-28-. The first-order valence-electron chi connectivity index (χ1n) is 33.8. The summed E-state index contributed by atoms with van der Waals surface area (Å²) in [6, 6.07) is 0. The molecule has 6 heteroatoms. The van der Waals surface area contributed by atoms with E-state index in [1.165, 1.54) is 270 Å². The third-order valence-electron chi connectivity index (χ3n) is 15.5. The Morgan fingerprint density at radius 1 is 0.267 bits per heavy atom. The van der Waals surface area contributed by atoms with Crippen molar-refractivity contribution in [2.24, 2.45) is 0 Å². The predicted octanol–water partition coefficient (Wildman–Crippen LogP) is 23.0. The highest BCUT2D eigenvalue weighted by Gasteiger charge is 2.19. The van der Waals surface area contributed by atoms with Crippen molar-refractivity contribution in [2.75, 3.05) is 13.2 Å². The fourth-order valence-corrected chi connectivity index (χ4v) is 10.4. The molecule has 75 heavy (non-hydrogen) atoms. The quantitative estimate of drug-likeness (QED) is 0.0261. The number of hydrogen-bond acceptors (Lipinski definition) is 6. The van der Waals surface area contributed by atoms with Crippen LogP contribution < -0.4 is 0 Å². The lowest BCUT2D eigenvalue weighted by atomic mass is 10.0. The van der Waals surface area contributed by atoms with Crippen LogP contribution in [0.2, 0.25) is 0 Å². The van der Waals surface area contributed by atoms with Gasteiger partial charge in [0.05, 0.1) is 0 Å². The highest BCUT2D eigenvalue weighted by Crippen LogP contribution is 2.18. The van der Waals surface area contributed by atoms with Gasteiger partial charge in [0, 0.05) is 19.3 Å². The van der Waals surface area contributed by atoms with E-state index in [-0.39, 0.29) is 31.1 Å². The number of carbonyl (C=O) groups is 3. The van der Waals surface area contributed by atoms with Gasteiger partial charge in [0.1, 0.15) is 13.2 Å². The molecule has 1 unspecified atom stereocenters. The zero-order valence-corrected chi connectivity index (χ0v) is 50.8. The summed E-state index contributed by atoms with van der Waals surface area (Å²) < 4.78 is 16.9. The summed E-state index contributed by atoms with van der Waals surface area (Å²) >= 11 is 0. The first-order valence-corrected chi connectivity index (χ1v) is 33.8. The number of rotatable bonds is 63. The predicted molar refractivity (Wildman–Crippen MR) is 326 cm³/mol. The average molecular weight is 1060 g/mol. The molecule has 0 spiro atoms. The fourth-order valence-electron chi connectivity index (χ4n) is 10.4. The van der Waals surface area contributed by atoms with Crippen LogP contribution in [0.25, 0.3) is 0 Å². The lowest BCUT2D eigenvalue weighted by Gasteiger charge is -2.18. The van der Waals surface area contributed by atoms with E-state index in [2.05, 4.69) is 45.1 Å². The minimum Gasteiger partial charge on any atom is -0.462 e. The molecule has 0 fully saturated rings. The van der Waals surface area contributed by atoms with Crippen molar-refractivity contribution in [1.82, 2.24) is 0 Å². The molecule has 0 saturated carbocycles. The van der Waals surface area contributed by atoms with Crippen LogP contribution in [-0.4, -0.2) is 37.2 Å². The molecule has 0 heterocycles.